The minimum Gasteiger partial charge on any atom is -0.497 e. The molecule has 0 aliphatic carbocycles. The summed E-state index contributed by atoms with van der Waals surface area (Å²) in [5.74, 6) is -0.398. The van der Waals surface area contributed by atoms with Gasteiger partial charge in [-0.15, -0.1) is 0 Å². The first-order chi connectivity index (χ1) is 13.0. The first-order valence-corrected chi connectivity index (χ1v) is 10.7. The maximum absolute atomic E-state index is 13.1. The predicted molar refractivity (Wildman–Crippen MR) is 102 cm³/mol. The number of hydrogen-bond donors (Lipinski definition) is 0. The van der Waals surface area contributed by atoms with Gasteiger partial charge in [-0.25, -0.2) is 8.42 Å². The molecule has 0 aromatic heterocycles. The average molecular weight is 388 g/mol. The Hall–Kier alpha value is -2.34. The van der Waals surface area contributed by atoms with E-state index in [0.29, 0.717) is 12.2 Å². The fourth-order valence-electron chi connectivity index (χ4n) is 3.34. The van der Waals surface area contributed by atoms with Crippen LogP contribution in [-0.4, -0.2) is 33.4 Å². The maximum atomic E-state index is 13.1. The van der Waals surface area contributed by atoms with Crippen LogP contribution in [0.2, 0.25) is 0 Å². The lowest BCUT2D eigenvalue weighted by atomic mass is 9.97. The van der Waals surface area contributed by atoms with Crippen LogP contribution in [0.4, 0.5) is 0 Å². The van der Waals surface area contributed by atoms with Gasteiger partial charge in [-0.3, -0.25) is 4.79 Å². The number of sulfone groups is 1. The van der Waals surface area contributed by atoms with Crippen molar-refractivity contribution in [3.8, 4) is 5.75 Å². The zero-order valence-corrected chi connectivity index (χ0v) is 16.2. The number of rotatable bonds is 9. The van der Waals surface area contributed by atoms with Crippen molar-refractivity contribution < 1.29 is 22.7 Å². The zero-order chi connectivity index (χ0) is 19.3. The summed E-state index contributed by atoms with van der Waals surface area (Å²) in [7, 11) is -2.09. The molecule has 2 aromatic rings. The third kappa shape index (κ3) is 4.50. The second kappa shape index (κ2) is 8.57. The monoisotopic (exact) mass is 388 g/mol. The summed E-state index contributed by atoms with van der Waals surface area (Å²) in [6.45, 7) is 0.178. The molecule has 1 aliphatic rings. The van der Waals surface area contributed by atoms with Gasteiger partial charge in [0.05, 0.1) is 17.3 Å². The molecule has 1 saturated heterocycles. The standard InChI is InChI=1S/C21H24O5S/c1-25-17-11-13-18(14-12-17)27(23,24)20(19-15-26-21(19)22)10-6-5-9-16-7-3-2-4-8-16/h2-4,7-8,11-14,19-20H,5-6,9-10,15H2,1H3/t19-,20+/m0/s1. The van der Waals surface area contributed by atoms with E-state index >= 15 is 0 Å². The van der Waals surface area contributed by atoms with Gasteiger partial charge in [0.1, 0.15) is 18.3 Å². The Labute approximate surface area is 160 Å². The smallest absolute Gasteiger partial charge is 0.313 e. The highest BCUT2D eigenvalue weighted by Gasteiger charge is 2.45. The van der Waals surface area contributed by atoms with Crippen molar-refractivity contribution in [3.05, 3.63) is 60.2 Å². The van der Waals surface area contributed by atoms with Crippen LogP contribution < -0.4 is 4.74 Å². The number of carbonyl (C=O) groups excluding carboxylic acids is 1. The van der Waals surface area contributed by atoms with Crippen molar-refractivity contribution in [1.82, 2.24) is 0 Å². The predicted octanol–water partition coefficient (Wildman–Crippen LogP) is 3.42. The summed E-state index contributed by atoms with van der Waals surface area (Å²) in [5.41, 5.74) is 1.23. The molecule has 0 bridgehead atoms. The van der Waals surface area contributed by atoms with E-state index in [2.05, 4.69) is 12.1 Å². The number of hydrogen-bond acceptors (Lipinski definition) is 5. The van der Waals surface area contributed by atoms with Gasteiger partial charge in [-0.1, -0.05) is 36.8 Å². The minimum absolute atomic E-state index is 0.178. The normalized spacial score (nSPS) is 17.7. The Morgan fingerprint density at radius 2 is 1.78 bits per heavy atom. The highest BCUT2D eigenvalue weighted by Crippen LogP contribution is 2.32. The van der Waals surface area contributed by atoms with Crippen LogP contribution in [-0.2, 0) is 25.8 Å². The third-order valence-electron chi connectivity index (χ3n) is 4.99. The van der Waals surface area contributed by atoms with Crippen LogP contribution >= 0.6 is 0 Å². The molecule has 0 amide bonds. The van der Waals surface area contributed by atoms with Crippen LogP contribution in [0.5, 0.6) is 5.75 Å². The van der Waals surface area contributed by atoms with Crippen molar-refractivity contribution >= 4 is 15.8 Å². The molecule has 2 atom stereocenters. The van der Waals surface area contributed by atoms with E-state index in [1.165, 1.54) is 24.8 Å². The number of benzene rings is 2. The molecule has 3 rings (SSSR count). The van der Waals surface area contributed by atoms with Crippen LogP contribution in [0.25, 0.3) is 0 Å². The summed E-state index contributed by atoms with van der Waals surface area (Å²) in [4.78, 5) is 12.0. The Balaban J connectivity index is 1.69. The van der Waals surface area contributed by atoms with Gasteiger partial charge < -0.3 is 9.47 Å². The van der Waals surface area contributed by atoms with Crippen molar-refractivity contribution in [2.24, 2.45) is 5.92 Å². The van der Waals surface area contributed by atoms with Gasteiger partial charge in [0.15, 0.2) is 9.84 Å². The van der Waals surface area contributed by atoms with E-state index in [0.717, 1.165) is 19.3 Å². The molecule has 1 heterocycles. The second-order valence-electron chi connectivity index (χ2n) is 6.73. The minimum atomic E-state index is -3.62. The lowest BCUT2D eigenvalue weighted by molar-refractivity contribution is -0.168. The van der Waals surface area contributed by atoms with Crippen LogP contribution in [0.15, 0.2) is 59.5 Å². The topological polar surface area (TPSA) is 69.7 Å². The molecule has 5 nitrogen and oxygen atoms in total. The van der Waals surface area contributed by atoms with Gasteiger partial charge in [0.2, 0.25) is 0 Å². The van der Waals surface area contributed by atoms with Gasteiger partial charge >= 0.3 is 5.97 Å². The molecule has 6 heteroatoms. The van der Waals surface area contributed by atoms with Gasteiger partial charge in [0, 0.05) is 0 Å². The van der Waals surface area contributed by atoms with Crippen LogP contribution in [0.1, 0.15) is 24.8 Å². The van der Waals surface area contributed by atoms with Gasteiger partial charge in [-0.2, -0.15) is 0 Å². The Bertz CT molecular complexity index is 859. The largest absolute Gasteiger partial charge is 0.497 e. The number of ether oxygens (including phenoxy) is 2. The first kappa shape index (κ1) is 19.4. The summed E-state index contributed by atoms with van der Waals surface area (Å²) in [6, 6.07) is 16.4. The molecule has 0 unspecified atom stereocenters. The second-order valence-corrected chi connectivity index (χ2v) is 8.89. The molecule has 2 aromatic carbocycles. The van der Waals surface area contributed by atoms with Crippen molar-refractivity contribution in [3.63, 3.8) is 0 Å². The molecule has 0 N–H and O–H groups in total. The number of methoxy groups -OCH3 is 1. The third-order valence-corrected chi connectivity index (χ3v) is 7.28. The Morgan fingerprint density at radius 1 is 1.07 bits per heavy atom. The number of carbonyl (C=O) groups is 1. The Kier molecular flexibility index (Phi) is 6.16. The van der Waals surface area contributed by atoms with Crippen molar-refractivity contribution in [2.45, 2.75) is 35.8 Å². The van der Waals surface area contributed by atoms with Crippen LogP contribution in [0.3, 0.4) is 0 Å². The number of unbranched alkanes of at least 4 members (excludes halogenated alkanes) is 1. The number of aryl methyl sites for hydroxylation is 1. The lowest BCUT2D eigenvalue weighted by Crippen LogP contribution is -2.46. The van der Waals surface area contributed by atoms with E-state index in [9.17, 15) is 13.2 Å². The van der Waals surface area contributed by atoms with Gasteiger partial charge in [-0.05, 0) is 49.1 Å². The summed E-state index contributed by atoms with van der Waals surface area (Å²) < 4.78 is 36.2. The number of cyclic esters (lactones) is 1. The van der Waals surface area contributed by atoms with Crippen molar-refractivity contribution in [2.75, 3.05) is 13.7 Å². The fourth-order valence-corrected chi connectivity index (χ4v) is 5.30. The quantitative estimate of drug-likeness (QED) is 0.486. The summed E-state index contributed by atoms with van der Waals surface area (Å²) >= 11 is 0. The number of esters is 1. The first-order valence-electron chi connectivity index (χ1n) is 9.11. The SMILES string of the molecule is COc1ccc(S(=O)(=O)[C@H](CCCCc2ccccc2)[C@@H]2COC2=O)cc1. The maximum Gasteiger partial charge on any atom is 0.313 e. The van der Waals surface area contributed by atoms with Gasteiger partial charge in [0.25, 0.3) is 0 Å². The van der Waals surface area contributed by atoms with E-state index in [4.69, 9.17) is 9.47 Å². The van der Waals surface area contributed by atoms with Crippen LogP contribution in [0, 0.1) is 5.92 Å². The summed E-state index contributed by atoms with van der Waals surface area (Å²) in [5, 5.41) is -0.747. The molecule has 0 saturated carbocycles. The van der Waals surface area contributed by atoms with E-state index in [1.807, 2.05) is 18.2 Å². The molecule has 1 aliphatic heterocycles. The van der Waals surface area contributed by atoms with Crippen molar-refractivity contribution in [1.29, 1.82) is 0 Å². The molecule has 1 fully saturated rings. The fraction of sp³-hybridized carbons (Fsp3) is 0.381. The highest BCUT2D eigenvalue weighted by atomic mass is 32.2. The molecule has 27 heavy (non-hydrogen) atoms. The summed E-state index contributed by atoms with van der Waals surface area (Å²) in [6.07, 6.45) is 2.95. The van der Waals surface area contributed by atoms with E-state index in [1.54, 1.807) is 12.1 Å². The Morgan fingerprint density at radius 3 is 2.33 bits per heavy atom. The molecule has 144 valence electrons. The lowest BCUT2D eigenvalue weighted by Gasteiger charge is -2.31. The highest BCUT2D eigenvalue weighted by molar-refractivity contribution is 7.92. The van der Waals surface area contributed by atoms with E-state index < -0.39 is 27.0 Å². The molecule has 0 radical (unpaired) electrons. The van der Waals surface area contributed by atoms with E-state index in [-0.39, 0.29) is 11.5 Å². The average Bonchev–Trinajstić information content (AvgIpc) is 2.69. The molecular formula is C21H24O5S. The molecular weight excluding hydrogens is 364 g/mol. The molecule has 0 spiro atoms. The zero-order valence-electron chi connectivity index (χ0n) is 15.3.